The normalized spacial score (nSPS) is 14.7. The van der Waals surface area contributed by atoms with Crippen LogP contribution < -0.4 is 10.6 Å². The highest BCUT2D eigenvalue weighted by molar-refractivity contribution is 6.00. The van der Waals surface area contributed by atoms with Crippen LogP contribution in [0.2, 0.25) is 0 Å². The second-order valence-electron chi connectivity index (χ2n) is 4.68. The third kappa shape index (κ3) is 2.47. The quantitative estimate of drug-likeness (QED) is 0.638. The summed E-state index contributed by atoms with van der Waals surface area (Å²) >= 11 is 0. The molecular weight excluding hydrogens is 226 g/mol. The molecule has 0 saturated carbocycles. The van der Waals surface area contributed by atoms with Gasteiger partial charge in [-0.2, -0.15) is 0 Å². The molecule has 96 valence electrons. The first kappa shape index (κ1) is 12.5. The lowest BCUT2D eigenvalue weighted by Gasteiger charge is -2.26. The predicted molar refractivity (Wildman–Crippen MR) is 74.8 cm³/mol. The largest absolute Gasteiger partial charge is 0.399 e. The second-order valence-corrected chi connectivity index (χ2v) is 4.68. The molecule has 0 unspecified atom stereocenters. The molecule has 0 radical (unpaired) electrons. The lowest BCUT2D eigenvalue weighted by atomic mass is 10.1. The van der Waals surface area contributed by atoms with Crippen LogP contribution in [0.3, 0.4) is 0 Å². The molecule has 0 aromatic heterocycles. The fourth-order valence-electron chi connectivity index (χ4n) is 2.11. The van der Waals surface area contributed by atoms with E-state index in [9.17, 15) is 4.79 Å². The van der Waals surface area contributed by atoms with Gasteiger partial charge in [0, 0.05) is 38.6 Å². The average Bonchev–Trinajstić information content (AvgIpc) is 2.38. The maximum Gasteiger partial charge on any atom is 0.256 e. The van der Waals surface area contributed by atoms with Crippen molar-refractivity contribution in [1.82, 2.24) is 4.90 Å². The third-order valence-electron chi connectivity index (χ3n) is 3.08. The molecule has 0 fully saturated rings. The minimum absolute atomic E-state index is 0.0513. The van der Waals surface area contributed by atoms with Gasteiger partial charge in [0.2, 0.25) is 0 Å². The Hall–Kier alpha value is -1.97. The van der Waals surface area contributed by atoms with Crippen molar-refractivity contribution in [3.8, 4) is 0 Å². The number of nitrogens with zero attached hydrogens (tertiary/aromatic N) is 2. The number of nitrogens with two attached hydrogens (primary N) is 1. The Morgan fingerprint density at radius 1 is 1.33 bits per heavy atom. The molecule has 2 rings (SSSR count). The molecule has 0 bridgehead atoms. The summed E-state index contributed by atoms with van der Waals surface area (Å²) in [5, 5.41) is 0. The molecule has 2 N–H and O–H groups in total. The highest BCUT2D eigenvalue weighted by Crippen LogP contribution is 2.23. The summed E-state index contributed by atoms with van der Waals surface area (Å²) in [5.41, 5.74) is 8.00. The number of hydrogen-bond acceptors (Lipinski definition) is 3. The van der Waals surface area contributed by atoms with E-state index in [4.69, 9.17) is 5.73 Å². The van der Waals surface area contributed by atoms with Crippen molar-refractivity contribution in [3.05, 3.63) is 35.9 Å². The second kappa shape index (κ2) is 5.12. The molecule has 1 aliphatic heterocycles. The molecule has 1 heterocycles. The Labute approximate surface area is 108 Å². The zero-order chi connectivity index (χ0) is 13.1. The first-order valence-electron chi connectivity index (χ1n) is 6.10. The number of amides is 1. The summed E-state index contributed by atoms with van der Waals surface area (Å²) < 4.78 is 0. The van der Waals surface area contributed by atoms with Gasteiger partial charge in [0.25, 0.3) is 5.91 Å². The number of carbonyl (C=O) groups is 1. The Kier molecular flexibility index (Phi) is 3.55. The van der Waals surface area contributed by atoms with Gasteiger partial charge in [0.05, 0.1) is 5.56 Å². The monoisotopic (exact) mass is 245 g/mol. The summed E-state index contributed by atoms with van der Waals surface area (Å²) in [6.45, 7) is 1.46. The number of hydrogen-bond donors (Lipinski definition) is 1. The van der Waals surface area contributed by atoms with E-state index >= 15 is 0 Å². The van der Waals surface area contributed by atoms with Gasteiger partial charge in [0.1, 0.15) is 0 Å². The zero-order valence-electron chi connectivity index (χ0n) is 10.9. The third-order valence-corrected chi connectivity index (χ3v) is 3.08. The first-order chi connectivity index (χ1) is 8.59. The molecule has 0 aliphatic carbocycles. The summed E-state index contributed by atoms with van der Waals surface area (Å²) in [5.74, 6) is 0.0513. The van der Waals surface area contributed by atoms with Crippen LogP contribution in [-0.4, -0.2) is 38.0 Å². The fourth-order valence-corrected chi connectivity index (χ4v) is 2.11. The van der Waals surface area contributed by atoms with E-state index in [1.807, 2.05) is 42.1 Å². The van der Waals surface area contributed by atoms with Crippen LogP contribution in [-0.2, 0) is 0 Å². The molecule has 0 spiro atoms. The highest BCUT2D eigenvalue weighted by Gasteiger charge is 2.20. The molecule has 1 aromatic carbocycles. The summed E-state index contributed by atoms with van der Waals surface area (Å²) in [7, 11) is 3.86. The SMILES string of the molecule is CN(C)c1ccc(N)cc1C(=O)N1CC=CCC1. The van der Waals surface area contributed by atoms with Crippen LogP contribution in [0.1, 0.15) is 16.8 Å². The van der Waals surface area contributed by atoms with E-state index in [0.717, 1.165) is 18.7 Å². The van der Waals surface area contributed by atoms with Gasteiger partial charge in [-0.15, -0.1) is 0 Å². The van der Waals surface area contributed by atoms with E-state index in [0.29, 0.717) is 17.8 Å². The molecule has 0 saturated heterocycles. The maximum absolute atomic E-state index is 12.5. The van der Waals surface area contributed by atoms with Gasteiger partial charge in [0.15, 0.2) is 0 Å². The number of carbonyl (C=O) groups excluding carboxylic acids is 1. The van der Waals surface area contributed by atoms with Crippen LogP contribution in [0.25, 0.3) is 0 Å². The smallest absolute Gasteiger partial charge is 0.256 e. The maximum atomic E-state index is 12.5. The van der Waals surface area contributed by atoms with Crippen molar-refractivity contribution in [2.24, 2.45) is 0 Å². The minimum Gasteiger partial charge on any atom is -0.399 e. The van der Waals surface area contributed by atoms with E-state index in [2.05, 4.69) is 6.08 Å². The number of anilines is 2. The van der Waals surface area contributed by atoms with Gasteiger partial charge in [-0.3, -0.25) is 4.79 Å². The molecule has 1 aromatic rings. The first-order valence-corrected chi connectivity index (χ1v) is 6.10. The van der Waals surface area contributed by atoms with Crippen molar-refractivity contribution < 1.29 is 4.79 Å². The number of rotatable bonds is 2. The summed E-state index contributed by atoms with van der Waals surface area (Å²) in [6.07, 6.45) is 5.06. The molecular formula is C14H19N3O. The molecule has 1 aliphatic rings. The molecule has 18 heavy (non-hydrogen) atoms. The topological polar surface area (TPSA) is 49.6 Å². The summed E-state index contributed by atoms with van der Waals surface area (Å²) in [4.78, 5) is 16.3. The van der Waals surface area contributed by atoms with Crippen molar-refractivity contribution in [3.63, 3.8) is 0 Å². The van der Waals surface area contributed by atoms with Crippen molar-refractivity contribution in [2.75, 3.05) is 37.8 Å². The Bertz CT molecular complexity index is 480. The molecule has 4 heteroatoms. The fraction of sp³-hybridized carbons (Fsp3) is 0.357. The molecule has 1 amide bonds. The molecule has 0 atom stereocenters. The van der Waals surface area contributed by atoms with Gasteiger partial charge >= 0.3 is 0 Å². The van der Waals surface area contributed by atoms with E-state index in [-0.39, 0.29) is 5.91 Å². The van der Waals surface area contributed by atoms with E-state index in [1.54, 1.807) is 6.07 Å². The van der Waals surface area contributed by atoms with E-state index in [1.165, 1.54) is 0 Å². The summed E-state index contributed by atoms with van der Waals surface area (Å²) in [6, 6.07) is 5.47. The Morgan fingerprint density at radius 3 is 2.72 bits per heavy atom. The zero-order valence-corrected chi connectivity index (χ0v) is 10.9. The van der Waals surface area contributed by atoms with Crippen molar-refractivity contribution >= 4 is 17.3 Å². The van der Waals surface area contributed by atoms with Crippen molar-refractivity contribution in [1.29, 1.82) is 0 Å². The average molecular weight is 245 g/mol. The van der Waals surface area contributed by atoms with Crippen molar-refractivity contribution in [2.45, 2.75) is 6.42 Å². The molecule has 4 nitrogen and oxygen atoms in total. The Morgan fingerprint density at radius 2 is 2.11 bits per heavy atom. The van der Waals surface area contributed by atoms with Gasteiger partial charge in [-0.1, -0.05) is 12.2 Å². The van der Waals surface area contributed by atoms with Crippen LogP contribution in [0.4, 0.5) is 11.4 Å². The van der Waals surface area contributed by atoms with Crippen LogP contribution in [0.5, 0.6) is 0 Å². The van der Waals surface area contributed by atoms with Crippen LogP contribution >= 0.6 is 0 Å². The number of benzene rings is 1. The van der Waals surface area contributed by atoms with Crippen LogP contribution in [0.15, 0.2) is 30.4 Å². The predicted octanol–water partition coefficient (Wildman–Crippen LogP) is 1.74. The van der Waals surface area contributed by atoms with Gasteiger partial charge < -0.3 is 15.5 Å². The number of nitrogen functional groups attached to an aromatic ring is 1. The van der Waals surface area contributed by atoms with Gasteiger partial charge in [-0.05, 0) is 24.6 Å². The standard InChI is InChI=1S/C14H19N3O/c1-16(2)13-7-6-11(15)10-12(13)14(18)17-8-4-3-5-9-17/h3-4,6-7,10H,5,8-9,15H2,1-2H3. The van der Waals surface area contributed by atoms with E-state index < -0.39 is 0 Å². The lowest BCUT2D eigenvalue weighted by Crippen LogP contribution is -2.34. The van der Waals surface area contributed by atoms with Crippen LogP contribution in [0, 0.1) is 0 Å². The highest BCUT2D eigenvalue weighted by atomic mass is 16.2. The minimum atomic E-state index is 0.0513. The lowest BCUT2D eigenvalue weighted by molar-refractivity contribution is 0.0772. The Balaban J connectivity index is 2.33. The van der Waals surface area contributed by atoms with Gasteiger partial charge in [-0.25, -0.2) is 0 Å².